The average molecular weight is 157 g/mol. The Kier molecular flexibility index (Phi) is 3.00. The van der Waals surface area contributed by atoms with Crippen molar-refractivity contribution in [2.45, 2.75) is 0 Å². The quantitative estimate of drug-likeness (QED) is 0.313. The van der Waals surface area contributed by atoms with E-state index in [1.54, 1.807) is 16.9 Å². The molecule has 0 aliphatic carbocycles. The summed E-state index contributed by atoms with van der Waals surface area (Å²) < 4.78 is 1.60. The van der Waals surface area contributed by atoms with Gasteiger partial charge in [0.15, 0.2) is 0 Å². The number of hydrogen-bond acceptors (Lipinski definition) is 2. The van der Waals surface area contributed by atoms with E-state index in [1.165, 1.54) is 0 Å². The Morgan fingerprint density at radius 3 is 3.20 bits per heavy atom. The molecule has 44 valence electrons. The molecule has 0 spiro atoms. The van der Waals surface area contributed by atoms with Crippen molar-refractivity contribution in [1.82, 2.24) is 14.6 Å². The van der Waals surface area contributed by atoms with E-state index in [9.17, 15) is 0 Å². The summed E-state index contributed by atoms with van der Waals surface area (Å²) in [7, 11) is 0. The Morgan fingerprint density at radius 1 is 1.50 bits per heavy atom. The van der Waals surface area contributed by atoms with Crippen LogP contribution in [0.25, 0.3) is 5.65 Å². The fourth-order valence-electron chi connectivity index (χ4n) is 0.711. The third kappa shape index (κ3) is 1.46. The van der Waals surface area contributed by atoms with E-state index < -0.39 is 0 Å². The van der Waals surface area contributed by atoms with Crippen molar-refractivity contribution in [2.24, 2.45) is 0 Å². The standard InChI is InChI=1S/C6H4N3.K/c1-2-6-7-4-5-9(6)8-3-1;/h1-4H;/q-1;+1. The zero-order chi connectivity index (χ0) is 6.10. The molecule has 4 heteroatoms. The van der Waals surface area contributed by atoms with Gasteiger partial charge in [0.25, 0.3) is 0 Å². The first-order valence-corrected chi connectivity index (χ1v) is 2.63. The van der Waals surface area contributed by atoms with Gasteiger partial charge in [0.2, 0.25) is 0 Å². The Morgan fingerprint density at radius 2 is 2.40 bits per heavy atom. The van der Waals surface area contributed by atoms with Crippen LogP contribution in [0.5, 0.6) is 0 Å². The zero-order valence-corrected chi connectivity index (χ0v) is 8.77. The number of rotatable bonds is 0. The maximum atomic E-state index is 3.96. The Hall–Kier alpha value is 0.256. The van der Waals surface area contributed by atoms with E-state index >= 15 is 0 Å². The van der Waals surface area contributed by atoms with Gasteiger partial charge in [-0.2, -0.15) is 0 Å². The number of fused-ring (bicyclic) bond motifs is 1. The van der Waals surface area contributed by atoms with Gasteiger partial charge >= 0.3 is 51.4 Å². The van der Waals surface area contributed by atoms with Crippen molar-refractivity contribution in [1.29, 1.82) is 0 Å². The monoisotopic (exact) mass is 157 g/mol. The molecule has 0 radical (unpaired) electrons. The fraction of sp³-hybridized carbons (Fsp3) is 0. The van der Waals surface area contributed by atoms with Crippen LogP contribution in [0.3, 0.4) is 0 Å². The SMILES string of the molecule is [K+].[c-]1cnc2cccnn12. The summed E-state index contributed by atoms with van der Waals surface area (Å²) in [5, 5.41) is 3.94. The second-order valence-corrected chi connectivity index (χ2v) is 1.68. The topological polar surface area (TPSA) is 30.2 Å². The molecule has 2 rings (SSSR count). The summed E-state index contributed by atoms with van der Waals surface area (Å²) in [4.78, 5) is 3.96. The predicted molar refractivity (Wildman–Crippen MR) is 31.8 cm³/mol. The Balaban J connectivity index is 0.000000500. The molecule has 2 aromatic rings. The first kappa shape index (κ1) is 8.35. The first-order valence-electron chi connectivity index (χ1n) is 2.63. The molecule has 0 N–H and O–H groups in total. The maximum Gasteiger partial charge on any atom is 1.00 e. The molecule has 10 heavy (non-hydrogen) atoms. The van der Waals surface area contributed by atoms with E-state index in [0.29, 0.717) is 0 Å². The summed E-state index contributed by atoms with van der Waals surface area (Å²) in [6.07, 6.45) is 6.11. The maximum absolute atomic E-state index is 3.96. The summed E-state index contributed by atoms with van der Waals surface area (Å²) in [5.41, 5.74) is 0.831. The van der Waals surface area contributed by atoms with Crippen LogP contribution in [0.15, 0.2) is 24.5 Å². The van der Waals surface area contributed by atoms with E-state index in [1.807, 2.05) is 12.1 Å². The molecule has 0 amide bonds. The molecular formula is C6H4KN3. The molecule has 2 heterocycles. The van der Waals surface area contributed by atoms with Gasteiger partial charge in [0.05, 0.1) is 0 Å². The molecule has 0 saturated heterocycles. The van der Waals surface area contributed by atoms with Crippen molar-refractivity contribution in [3.05, 3.63) is 30.7 Å². The normalized spacial score (nSPS) is 9.20. The van der Waals surface area contributed by atoms with E-state index in [4.69, 9.17) is 0 Å². The molecular weight excluding hydrogens is 153 g/mol. The zero-order valence-electron chi connectivity index (χ0n) is 5.65. The smallest absolute Gasteiger partial charge is 0.386 e. The van der Waals surface area contributed by atoms with Gasteiger partial charge < -0.3 is 9.50 Å². The third-order valence-electron chi connectivity index (χ3n) is 1.11. The van der Waals surface area contributed by atoms with Crippen molar-refractivity contribution in [2.75, 3.05) is 0 Å². The van der Waals surface area contributed by atoms with Crippen LogP contribution >= 0.6 is 0 Å². The van der Waals surface area contributed by atoms with E-state index in [2.05, 4.69) is 16.3 Å². The van der Waals surface area contributed by atoms with Crippen LogP contribution < -0.4 is 51.4 Å². The minimum absolute atomic E-state index is 0. The van der Waals surface area contributed by atoms with E-state index in [-0.39, 0.29) is 51.4 Å². The molecule has 0 aliphatic heterocycles. The number of imidazole rings is 1. The minimum atomic E-state index is 0. The molecule has 0 bridgehead atoms. The van der Waals surface area contributed by atoms with Gasteiger partial charge in [0.1, 0.15) is 0 Å². The number of aromatic nitrogens is 3. The molecule has 2 aromatic heterocycles. The molecule has 0 aliphatic rings. The average Bonchev–Trinajstić information content (AvgIpc) is 2.33. The molecule has 0 fully saturated rings. The van der Waals surface area contributed by atoms with Gasteiger partial charge in [-0.1, -0.05) is 12.3 Å². The summed E-state index contributed by atoms with van der Waals surface area (Å²) >= 11 is 0. The number of hydrogen-bond donors (Lipinski definition) is 0. The summed E-state index contributed by atoms with van der Waals surface area (Å²) in [6.45, 7) is 0. The molecule has 0 aromatic carbocycles. The largest absolute Gasteiger partial charge is 1.00 e. The minimum Gasteiger partial charge on any atom is -0.386 e. The van der Waals surface area contributed by atoms with Crippen molar-refractivity contribution < 1.29 is 51.4 Å². The van der Waals surface area contributed by atoms with Crippen molar-refractivity contribution >= 4 is 5.65 Å². The van der Waals surface area contributed by atoms with Gasteiger partial charge in [-0.15, -0.1) is 12.3 Å². The second kappa shape index (κ2) is 3.59. The van der Waals surface area contributed by atoms with E-state index in [0.717, 1.165) is 5.65 Å². The predicted octanol–water partition coefficient (Wildman–Crippen LogP) is -2.47. The molecule has 0 atom stereocenters. The molecule has 0 saturated carbocycles. The molecule has 3 nitrogen and oxygen atoms in total. The Bertz CT molecular complexity index is 287. The number of nitrogens with zero attached hydrogens (tertiary/aromatic N) is 3. The fourth-order valence-corrected chi connectivity index (χ4v) is 0.711. The summed E-state index contributed by atoms with van der Waals surface area (Å²) in [5.74, 6) is 0. The second-order valence-electron chi connectivity index (χ2n) is 1.68. The van der Waals surface area contributed by atoms with Crippen molar-refractivity contribution in [3.8, 4) is 0 Å². The first-order chi connectivity index (χ1) is 4.47. The van der Waals surface area contributed by atoms with Crippen LogP contribution in [0, 0.1) is 6.20 Å². The van der Waals surface area contributed by atoms with Crippen LogP contribution in [0.2, 0.25) is 0 Å². The third-order valence-corrected chi connectivity index (χ3v) is 1.11. The van der Waals surface area contributed by atoms with Crippen LogP contribution in [-0.2, 0) is 0 Å². The van der Waals surface area contributed by atoms with Gasteiger partial charge in [-0.05, 0) is 5.65 Å². The van der Waals surface area contributed by atoms with Crippen molar-refractivity contribution in [3.63, 3.8) is 0 Å². The van der Waals surface area contributed by atoms with Gasteiger partial charge in [-0.3, -0.25) is 0 Å². The molecule has 0 unspecified atom stereocenters. The van der Waals surface area contributed by atoms with Gasteiger partial charge in [0, 0.05) is 6.20 Å². The summed E-state index contributed by atoms with van der Waals surface area (Å²) in [6, 6.07) is 3.72. The van der Waals surface area contributed by atoms with Gasteiger partial charge in [-0.25, -0.2) is 5.10 Å². The van der Waals surface area contributed by atoms with Crippen LogP contribution in [0.1, 0.15) is 0 Å². The Labute approximate surface area is 101 Å². The van der Waals surface area contributed by atoms with Crippen LogP contribution in [0.4, 0.5) is 0 Å². The van der Waals surface area contributed by atoms with Crippen LogP contribution in [-0.4, -0.2) is 14.6 Å².